The molecule has 3 aromatic rings. The summed E-state index contributed by atoms with van der Waals surface area (Å²) in [4.78, 5) is 42.9. The molecule has 1 heterocycles. The number of carboxylic acids is 1. The van der Waals surface area contributed by atoms with Crippen molar-refractivity contribution in [2.45, 2.75) is 46.3 Å². The van der Waals surface area contributed by atoms with Crippen LogP contribution in [0.3, 0.4) is 0 Å². The maximum absolute atomic E-state index is 12.7. The molecule has 8 nitrogen and oxygen atoms in total. The van der Waals surface area contributed by atoms with E-state index in [4.69, 9.17) is 9.84 Å². The lowest BCUT2D eigenvalue weighted by atomic mass is 9.97. The summed E-state index contributed by atoms with van der Waals surface area (Å²) in [5, 5.41) is 12.9. The zero-order valence-corrected chi connectivity index (χ0v) is 18.2. The second-order valence-corrected chi connectivity index (χ2v) is 9.03. The second kappa shape index (κ2) is 8.11. The maximum Gasteiger partial charge on any atom is 0.335 e. The number of H-pyrrole nitrogens is 1. The predicted molar refractivity (Wildman–Crippen MR) is 120 cm³/mol. The topological polar surface area (TPSA) is 121 Å². The molecule has 1 atom stereocenters. The minimum absolute atomic E-state index is 0.0110. The summed E-state index contributed by atoms with van der Waals surface area (Å²) >= 11 is 0. The molecule has 0 aliphatic heterocycles. The number of carbonyl (C=O) groups excluding carboxylic acids is 1. The van der Waals surface area contributed by atoms with Gasteiger partial charge in [0, 0.05) is 5.69 Å². The maximum atomic E-state index is 12.7. The number of hydrogen-bond donors (Lipinski definition) is 3. The first-order valence-corrected chi connectivity index (χ1v) is 10.4. The molecule has 0 saturated carbocycles. The molecule has 0 amide bonds. The minimum atomic E-state index is -0.964. The molecule has 0 fully saturated rings. The van der Waals surface area contributed by atoms with Crippen LogP contribution in [0.2, 0.25) is 0 Å². The number of hydrogen-bond acceptors (Lipinski definition) is 6. The van der Waals surface area contributed by atoms with Crippen molar-refractivity contribution < 1.29 is 19.4 Å². The average Bonchev–Trinajstić information content (AvgIpc) is 3.12. The van der Waals surface area contributed by atoms with Gasteiger partial charge in [-0.1, -0.05) is 0 Å². The van der Waals surface area contributed by atoms with Gasteiger partial charge >= 0.3 is 11.9 Å². The van der Waals surface area contributed by atoms with E-state index < -0.39 is 11.4 Å². The summed E-state index contributed by atoms with van der Waals surface area (Å²) < 4.78 is 5.28. The van der Waals surface area contributed by atoms with Gasteiger partial charge in [0.2, 0.25) is 0 Å². The lowest BCUT2D eigenvalue weighted by molar-refractivity contribution is -0.154. The molecule has 0 saturated heterocycles. The summed E-state index contributed by atoms with van der Waals surface area (Å²) in [6.07, 6.45) is 1.68. The van der Waals surface area contributed by atoms with E-state index >= 15 is 0 Å². The Kier molecular flexibility index (Phi) is 5.46. The van der Waals surface area contributed by atoms with Gasteiger partial charge in [-0.2, -0.15) is 0 Å². The zero-order valence-electron chi connectivity index (χ0n) is 18.2. The molecule has 0 unspecified atom stereocenters. The molecule has 0 bridgehead atoms. The van der Waals surface area contributed by atoms with Gasteiger partial charge in [-0.3, -0.25) is 9.59 Å². The van der Waals surface area contributed by atoms with Crippen LogP contribution in [0.25, 0.3) is 10.9 Å². The summed E-state index contributed by atoms with van der Waals surface area (Å²) in [5.74, 6) is -1.01. The number of carboxylic acid groups (broad SMARTS) is 1. The van der Waals surface area contributed by atoms with E-state index in [9.17, 15) is 14.4 Å². The number of esters is 1. The molecule has 4 rings (SSSR count). The number of anilines is 1. The molecule has 1 aliphatic carbocycles. The number of carbonyl (C=O) groups is 2. The smallest absolute Gasteiger partial charge is 0.335 e. The first-order chi connectivity index (χ1) is 15.1. The third-order valence-corrected chi connectivity index (χ3v) is 5.52. The van der Waals surface area contributed by atoms with Crippen molar-refractivity contribution in [2.24, 2.45) is 5.41 Å². The van der Waals surface area contributed by atoms with Crippen molar-refractivity contribution in [1.82, 2.24) is 9.97 Å². The van der Waals surface area contributed by atoms with Gasteiger partial charge in [0.25, 0.3) is 5.56 Å². The second-order valence-electron chi connectivity index (χ2n) is 9.03. The Morgan fingerprint density at radius 1 is 1.22 bits per heavy atom. The van der Waals surface area contributed by atoms with E-state index in [-0.39, 0.29) is 29.7 Å². The molecule has 0 radical (unpaired) electrons. The van der Waals surface area contributed by atoms with Crippen LogP contribution in [-0.2, 0) is 22.6 Å². The SMILES string of the molecule is CC(C)(C)C(=O)OCc1nc2cc3c(cc2c(=O)[nH]1)[C@@H](Nc1ccc(C(=O)O)cc1)CC3. The van der Waals surface area contributed by atoms with Gasteiger partial charge in [-0.25, -0.2) is 9.78 Å². The van der Waals surface area contributed by atoms with Crippen LogP contribution in [0.4, 0.5) is 5.69 Å². The van der Waals surface area contributed by atoms with Crippen LogP contribution in [0.5, 0.6) is 0 Å². The molecule has 1 aliphatic rings. The quantitative estimate of drug-likeness (QED) is 0.521. The van der Waals surface area contributed by atoms with E-state index in [1.54, 1.807) is 45.0 Å². The van der Waals surface area contributed by atoms with E-state index in [0.29, 0.717) is 16.7 Å². The third kappa shape index (κ3) is 4.34. The van der Waals surface area contributed by atoms with Crippen molar-refractivity contribution in [3.8, 4) is 0 Å². The molecule has 2 aromatic carbocycles. The van der Waals surface area contributed by atoms with Crippen LogP contribution in [-0.4, -0.2) is 27.0 Å². The van der Waals surface area contributed by atoms with Crippen molar-refractivity contribution in [2.75, 3.05) is 5.32 Å². The lowest BCUT2D eigenvalue weighted by Crippen LogP contribution is -2.24. The highest BCUT2D eigenvalue weighted by atomic mass is 16.5. The molecular formula is C24H25N3O5. The van der Waals surface area contributed by atoms with Gasteiger partial charge in [0.05, 0.1) is 27.9 Å². The molecule has 3 N–H and O–H groups in total. The predicted octanol–water partition coefficient (Wildman–Crippen LogP) is 3.81. The highest BCUT2D eigenvalue weighted by Crippen LogP contribution is 2.35. The summed E-state index contributed by atoms with van der Waals surface area (Å²) in [6.45, 7) is 5.20. The van der Waals surface area contributed by atoms with Crippen LogP contribution >= 0.6 is 0 Å². The Balaban J connectivity index is 1.57. The Labute approximate surface area is 184 Å². The number of nitrogens with zero attached hydrogens (tertiary/aromatic N) is 1. The number of ether oxygens (including phenoxy) is 1. The van der Waals surface area contributed by atoms with E-state index in [1.807, 2.05) is 12.1 Å². The minimum Gasteiger partial charge on any atom is -0.478 e. The fraction of sp³-hybridized carbons (Fsp3) is 0.333. The number of aryl methyl sites for hydroxylation is 1. The van der Waals surface area contributed by atoms with Crippen LogP contribution in [0, 0.1) is 5.41 Å². The zero-order chi connectivity index (χ0) is 23.0. The van der Waals surface area contributed by atoms with E-state index in [0.717, 1.165) is 29.7 Å². The normalized spacial score (nSPS) is 15.4. The Morgan fingerprint density at radius 2 is 1.94 bits per heavy atom. The van der Waals surface area contributed by atoms with Crippen molar-refractivity contribution in [1.29, 1.82) is 0 Å². The third-order valence-electron chi connectivity index (χ3n) is 5.52. The number of nitrogens with one attached hydrogen (secondary N) is 2. The van der Waals surface area contributed by atoms with Crippen molar-refractivity contribution in [3.63, 3.8) is 0 Å². The van der Waals surface area contributed by atoms with Crippen molar-refractivity contribution in [3.05, 3.63) is 69.3 Å². The van der Waals surface area contributed by atoms with Crippen LogP contribution in [0.15, 0.2) is 41.2 Å². The van der Waals surface area contributed by atoms with Crippen LogP contribution < -0.4 is 10.9 Å². The first-order valence-electron chi connectivity index (χ1n) is 10.4. The molecule has 166 valence electrons. The van der Waals surface area contributed by atoms with Gasteiger partial charge in [-0.15, -0.1) is 0 Å². The molecular weight excluding hydrogens is 410 g/mol. The van der Waals surface area contributed by atoms with Gasteiger partial charge in [0.1, 0.15) is 12.4 Å². The monoisotopic (exact) mass is 435 g/mol. The summed E-state index contributed by atoms with van der Waals surface area (Å²) in [7, 11) is 0. The number of benzene rings is 2. The van der Waals surface area contributed by atoms with Gasteiger partial charge in [0.15, 0.2) is 0 Å². The average molecular weight is 435 g/mol. The molecule has 8 heteroatoms. The van der Waals surface area contributed by atoms with Gasteiger partial charge < -0.3 is 20.1 Å². The largest absolute Gasteiger partial charge is 0.478 e. The Morgan fingerprint density at radius 3 is 2.59 bits per heavy atom. The fourth-order valence-corrected chi connectivity index (χ4v) is 3.77. The fourth-order valence-electron chi connectivity index (χ4n) is 3.77. The van der Waals surface area contributed by atoms with E-state index in [2.05, 4.69) is 15.3 Å². The molecule has 0 spiro atoms. The van der Waals surface area contributed by atoms with E-state index in [1.165, 1.54) is 0 Å². The standard InChI is InChI=1S/C24H25N3O5/c1-24(2,3)23(31)32-12-20-26-19-10-14-6-9-18(16(14)11-17(19)21(28)27-20)25-15-7-4-13(5-8-15)22(29)30/h4-5,7-8,10-11,18,25H,6,9,12H2,1-3H3,(H,29,30)(H,26,27,28)/t18-/m0/s1. The number of aromatic nitrogens is 2. The van der Waals surface area contributed by atoms with Crippen molar-refractivity contribution >= 4 is 28.5 Å². The Hall–Kier alpha value is -3.68. The molecule has 1 aromatic heterocycles. The number of rotatable bonds is 5. The lowest BCUT2D eigenvalue weighted by Gasteiger charge is -2.17. The summed E-state index contributed by atoms with van der Waals surface area (Å²) in [6, 6.07) is 10.4. The molecule has 32 heavy (non-hydrogen) atoms. The first kappa shape index (κ1) is 21.5. The highest BCUT2D eigenvalue weighted by molar-refractivity contribution is 5.88. The number of aromatic carboxylic acids is 1. The Bertz CT molecular complexity index is 1260. The summed E-state index contributed by atoms with van der Waals surface area (Å²) in [5.41, 5.74) is 2.84. The highest BCUT2D eigenvalue weighted by Gasteiger charge is 2.25. The van der Waals surface area contributed by atoms with Crippen LogP contribution in [0.1, 0.15) is 60.5 Å². The van der Waals surface area contributed by atoms with Gasteiger partial charge in [-0.05, 0) is 81.1 Å². The number of aromatic amines is 1. The number of fused-ring (bicyclic) bond motifs is 2.